The molecule has 1 nitrogen and oxygen atoms in total. The standard InChI is InChI=1S/C8H3Cl2F3O/c9-3-1-2-4(11)5(6(3)10)7(14)8(12)13/h1-2,8H. The maximum absolute atomic E-state index is 12.9. The van der Waals surface area contributed by atoms with Gasteiger partial charge in [-0.1, -0.05) is 23.2 Å². The fraction of sp³-hybridized carbons (Fsp3) is 0.125. The Labute approximate surface area is 87.4 Å². The Balaban J connectivity index is 3.33. The number of carbonyl (C=O) groups excluding carboxylic acids is 1. The number of carbonyl (C=O) groups is 1. The number of rotatable bonds is 2. The van der Waals surface area contributed by atoms with Crippen LogP contribution in [-0.2, 0) is 0 Å². The van der Waals surface area contributed by atoms with Crippen LogP contribution in [0.1, 0.15) is 10.4 Å². The van der Waals surface area contributed by atoms with E-state index in [0.29, 0.717) is 0 Å². The highest BCUT2D eigenvalue weighted by Crippen LogP contribution is 2.29. The van der Waals surface area contributed by atoms with Crippen molar-refractivity contribution >= 4 is 29.0 Å². The Hall–Kier alpha value is -0.740. The summed E-state index contributed by atoms with van der Waals surface area (Å²) in [5, 5.41) is -0.631. The minimum Gasteiger partial charge on any atom is -0.288 e. The first kappa shape index (κ1) is 11.3. The van der Waals surface area contributed by atoms with Crippen molar-refractivity contribution in [3.8, 4) is 0 Å². The van der Waals surface area contributed by atoms with Gasteiger partial charge in [-0.25, -0.2) is 13.2 Å². The lowest BCUT2D eigenvalue weighted by molar-refractivity contribution is 0.0674. The quantitative estimate of drug-likeness (QED) is 0.573. The van der Waals surface area contributed by atoms with Crippen molar-refractivity contribution in [2.75, 3.05) is 0 Å². The summed E-state index contributed by atoms with van der Waals surface area (Å²) >= 11 is 10.9. The van der Waals surface area contributed by atoms with Gasteiger partial charge in [-0.3, -0.25) is 4.79 Å². The maximum atomic E-state index is 12.9. The summed E-state index contributed by atoms with van der Waals surface area (Å²) in [6.07, 6.45) is -3.31. The minimum absolute atomic E-state index is 0.142. The molecule has 1 rings (SSSR count). The van der Waals surface area contributed by atoms with Gasteiger partial charge in [0, 0.05) is 0 Å². The van der Waals surface area contributed by atoms with Gasteiger partial charge in [0.15, 0.2) is 0 Å². The summed E-state index contributed by atoms with van der Waals surface area (Å²) in [6.45, 7) is 0. The van der Waals surface area contributed by atoms with Gasteiger partial charge in [0.1, 0.15) is 5.82 Å². The zero-order valence-electron chi connectivity index (χ0n) is 6.53. The summed E-state index contributed by atoms with van der Waals surface area (Å²) < 4.78 is 36.9. The van der Waals surface area contributed by atoms with Crippen LogP contribution in [-0.4, -0.2) is 12.2 Å². The molecule has 1 aromatic carbocycles. The number of alkyl halides is 2. The molecule has 0 radical (unpaired) electrons. The van der Waals surface area contributed by atoms with E-state index in [1.807, 2.05) is 0 Å². The fourth-order valence-electron chi connectivity index (χ4n) is 0.862. The predicted octanol–water partition coefficient (Wildman–Crippen LogP) is 3.58. The number of hydrogen-bond donors (Lipinski definition) is 0. The molecule has 0 unspecified atom stereocenters. The molecule has 1 aromatic rings. The van der Waals surface area contributed by atoms with E-state index in [-0.39, 0.29) is 5.02 Å². The molecule has 0 aliphatic heterocycles. The van der Waals surface area contributed by atoms with E-state index >= 15 is 0 Å². The van der Waals surface area contributed by atoms with Crippen molar-refractivity contribution in [1.82, 2.24) is 0 Å². The van der Waals surface area contributed by atoms with Crippen LogP contribution < -0.4 is 0 Å². The molecule has 0 atom stereocenters. The number of Topliss-reactive ketones (excluding diaryl/α,β-unsaturated/α-hetero) is 1. The molecular weight excluding hydrogens is 240 g/mol. The number of ketones is 1. The smallest absolute Gasteiger partial charge is 0.288 e. The molecule has 0 spiro atoms. The third kappa shape index (κ3) is 2.01. The molecule has 0 aliphatic carbocycles. The lowest BCUT2D eigenvalue weighted by Crippen LogP contribution is -2.13. The molecule has 0 heterocycles. The fourth-order valence-corrected chi connectivity index (χ4v) is 1.27. The van der Waals surface area contributed by atoms with Gasteiger partial charge in [-0.05, 0) is 12.1 Å². The maximum Gasteiger partial charge on any atom is 0.300 e. The van der Waals surface area contributed by atoms with Crippen molar-refractivity contribution in [2.45, 2.75) is 6.43 Å². The Morgan fingerprint density at radius 2 is 1.86 bits per heavy atom. The van der Waals surface area contributed by atoms with E-state index in [4.69, 9.17) is 23.2 Å². The predicted molar refractivity (Wildman–Crippen MR) is 46.8 cm³/mol. The van der Waals surface area contributed by atoms with Gasteiger partial charge in [0.05, 0.1) is 15.6 Å². The second kappa shape index (κ2) is 4.19. The molecular formula is C8H3Cl2F3O. The third-order valence-corrected chi connectivity index (χ3v) is 2.29. The molecule has 0 bridgehead atoms. The van der Waals surface area contributed by atoms with Gasteiger partial charge in [0.2, 0.25) is 5.78 Å². The summed E-state index contributed by atoms with van der Waals surface area (Å²) in [5.74, 6) is -2.78. The van der Waals surface area contributed by atoms with Crippen LogP contribution in [0, 0.1) is 5.82 Å². The number of hydrogen-bond acceptors (Lipinski definition) is 1. The third-order valence-electron chi connectivity index (χ3n) is 1.49. The van der Waals surface area contributed by atoms with Crippen LogP contribution in [0.25, 0.3) is 0 Å². The average molecular weight is 243 g/mol. The Morgan fingerprint density at radius 3 is 2.36 bits per heavy atom. The molecule has 14 heavy (non-hydrogen) atoms. The van der Waals surface area contributed by atoms with Gasteiger partial charge in [-0.2, -0.15) is 0 Å². The highest BCUT2D eigenvalue weighted by Gasteiger charge is 2.25. The minimum atomic E-state index is -3.31. The van der Waals surface area contributed by atoms with E-state index in [0.717, 1.165) is 12.1 Å². The van der Waals surface area contributed by atoms with Gasteiger partial charge >= 0.3 is 6.43 Å². The Morgan fingerprint density at radius 1 is 1.29 bits per heavy atom. The van der Waals surface area contributed by atoms with Crippen molar-refractivity contribution in [3.05, 3.63) is 33.6 Å². The Kier molecular flexibility index (Phi) is 3.39. The molecule has 0 saturated heterocycles. The van der Waals surface area contributed by atoms with Crippen LogP contribution in [0.15, 0.2) is 12.1 Å². The molecule has 0 amide bonds. The van der Waals surface area contributed by atoms with Crippen LogP contribution >= 0.6 is 23.2 Å². The number of benzene rings is 1. The average Bonchev–Trinajstić information content (AvgIpc) is 2.12. The molecule has 0 saturated carbocycles. The zero-order chi connectivity index (χ0) is 10.9. The van der Waals surface area contributed by atoms with Crippen molar-refractivity contribution in [1.29, 1.82) is 0 Å². The molecule has 0 N–H and O–H groups in total. The summed E-state index contributed by atoms with van der Waals surface area (Å²) in [4.78, 5) is 10.8. The van der Waals surface area contributed by atoms with Gasteiger partial charge in [-0.15, -0.1) is 0 Å². The van der Waals surface area contributed by atoms with Crippen LogP contribution in [0.2, 0.25) is 10.0 Å². The first-order chi connectivity index (χ1) is 6.45. The summed E-state index contributed by atoms with van der Waals surface area (Å²) in [5.41, 5.74) is -0.867. The normalized spacial score (nSPS) is 10.7. The van der Waals surface area contributed by atoms with Crippen LogP contribution in [0.5, 0.6) is 0 Å². The van der Waals surface area contributed by atoms with Crippen LogP contribution in [0.3, 0.4) is 0 Å². The topological polar surface area (TPSA) is 17.1 Å². The highest BCUT2D eigenvalue weighted by atomic mass is 35.5. The number of halogens is 5. The highest BCUT2D eigenvalue weighted by molar-refractivity contribution is 6.44. The first-order valence-electron chi connectivity index (χ1n) is 3.41. The Bertz CT molecular complexity index is 379. The van der Waals surface area contributed by atoms with Crippen LogP contribution in [0.4, 0.5) is 13.2 Å². The zero-order valence-corrected chi connectivity index (χ0v) is 8.04. The van der Waals surface area contributed by atoms with Gasteiger partial charge < -0.3 is 0 Å². The molecule has 76 valence electrons. The van der Waals surface area contributed by atoms with E-state index in [1.54, 1.807) is 0 Å². The monoisotopic (exact) mass is 242 g/mol. The second-order valence-corrected chi connectivity index (χ2v) is 3.17. The largest absolute Gasteiger partial charge is 0.300 e. The van der Waals surface area contributed by atoms with E-state index < -0.39 is 28.6 Å². The molecule has 0 aliphatic rings. The van der Waals surface area contributed by atoms with Crippen molar-refractivity contribution in [2.24, 2.45) is 0 Å². The van der Waals surface area contributed by atoms with Crippen molar-refractivity contribution in [3.63, 3.8) is 0 Å². The first-order valence-corrected chi connectivity index (χ1v) is 4.16. The molecule has 0 fully saturated rings. The molecule has 6 heteroatoms. The van der Waals surface area contributed by atoms with E-state index in [1.165, 1.54) is 0 Å². The van der Waals surface area contributed by atoms with Gasteiger partial charge in [0.25, 0.3) is 0 Å². The SMILES string of the molecule is O=C(c1c(F)ccc(Cl)c1Cl)C(F)F. The summed E-state index contributed by atoms with van der Waals surface area (Å²) in [7, 11) is 0. The lowest BCUT2D eigenvalue weighted by atomic mass is 10.1. The summed E-state index contributed by atoms with van der Waals surface area (Å²) in [6, 6.07) is 1.89. The van der Waals surface area contributed by atoms with E-state index in [2.05, 4.69) is 0 Å². The lowest BCUT2D eigenvalue weighted by Gasteiger charge is -2.05. The second-order valence-electron chi connectivity index (χ2n) is 2.38. The molecule has 0 aromatic heterocycles. The van der Waals surface area contributed by atoms with Crippen molar-refractivity contribution < 1.29 is 18.0 Å². The van der Waals surface area contributed by atoms with E-state index in [9.17, 15) is 18.0 Å².